The van der Waals surface area contributed by atoms with Gasteiger partial charge in [-0.25, -0.2) is 17.5 Å². The summed E-state index contributed by atoms with van der Waals surface area (Å²) < 4.78 is 65.2. The Kier molecular flexibility index (Phi) is 8.92. The van der Waals surface area contributed by atoms with Crippen LogP contribution in [-0.4, -0.2) is 64.2 Å². The number of hydrogen-bond acceptors (Lipinski definition) is 6. The van der Waals surface area contributed by atoms with E-state index in [1.807, 2.05) is 35.9 Å². The quantitative estimate of drug-likeness (QED) is 0.557. The van der Waals surface area contributed by atoms with Crippen LogP contribution >= 0.6 is 0 Å². The van der Waals surface area contributed by atoms with E-state index < -0.39 is 51.9 Å². The molecule has 1 atom stereocenters. The Balaban J connectivity index is 1.69. The van der Waals surface area contributed by atoms with Crippen LogP contribution in [0.25, 0.3) is 0 Å². The van der Waals surface area contributed by atoms with Gasteiger partial charge in [-0.3, -0.25) is 14.0 Å². The summed E-state index contributed by atoms with van der Waals surface area (Å²) in [4.78, 5) is 26.0. The summed E-state index contributed by atoms with van der Waals surface area (Å²) in [6.07, 6.45) is -0.377. The first-order chi connectivity index (χ1) is 16.6. The van der Waals surface area contributed by atoms with E-state index >= 15 is 0 Å². The topological polar surface area (TPSA) is 102 Å². The van der Waals surface area contributed by atoms with Crippen LogP contribution in [0.4, 0.5) is 8.78 Å². The van der Waals surface area contributed by atoms with Crippen molar-refractivity contribution in [2.75, 3.05) is 33.0 Å². The SMILES string of the molecule is Cc1ccc(COCC(=O)NS(=O)(=O)c2cc(F)c(C)c(C(=O)N3CCOC(CCF)C3)c2)cc1. The van der Waals surface area contributed by atoms with Gasteiger partial charge in [0.25, 0.3) is 21.8 Å². The second kappa shape index (κ2) is 11.7. The Morgan fingerprint density at radius 1 is 1.20 bits per heavy atom. The van der Waals surface area contributed by atoms with Crippen LogP contribution in [-0.2, 0) is 30.9 Å². The molecule has 1 aliphatic rings. The predicted molar refractivity (Wildman–Crippen MR) is 124 cm³/mol. The van der Waals surface area contributed by atoms with E-state index in [0.717, 1.165) is 23.3 Å². The molecular formula is C24H28F2N2O6S. The van der Waals surface area contributed by atoms with Crippen molar-refractivity contribution in [3.63, 3.8) is 0 Å². The van der Waals surface area contributed by atoms with E-state index in [2.05, 4.69) is 0 Å². The number of ether oxygens (including phenoxy) is 2. The number of halogens is 2. The zero-order valence-electron chi connectivity index (χ0n) is 19.6. The highest BCUT2D eigenvalue weighted by Gasteiger charge is 2.28. The fourth-order valence-electron chi connectivity index (χ4n) is 3.59. The molecule has 0 spiro atoms. The third-order valence-corrected chi connectivity index (χ3v) is 6.94. The van der Waals surface area contributed by atoms with Gasteiger partial charge in [-0.15, -0.1) is 0 Å². The molecule has 2 aromatic carbocycles. The van der Waals surface area contributed by atoms with Crippen molar-refractivity contribution >= 4 is 21.8 Å². The Morgan fingerprint density at radius 2 is 1.91 bits per heavy atom. The minimum absolute atomic E-state index is 0.0322. The Morgan fingerprint density at radius 3 is 2.60 bits per heavy atom. The minimum atomic E-state index is -4.47. The number of benzene rings is 2. The molecule has 0 aromatic heterocycles. The standard InChI is InChI=1S/C24H28F2N2O6S/c1-16-3-5-18(6-4-16)14-33-15-23(29)27-35(31,32)20-11-21(17(2)22(26)12-20)24(30)28-9-10-34-19(13-28)7-8-25/h3-6,11-12,19H,7-10,13-15H2,1-2H3,(H,27,29). The van der Waals surface area contributed by atoms with Crippen LogP contribution in [0.1, 0.15) is 33.5 Å². The van der Waals surface area contributed by atoms with Gasteiger partial charge in [0.2, 0.25) is 0 Å². The van der Waals surface area contributed by atoms with Crippen LogP contribution in [0, 0.1) is 19.7 Å². The van der Waals surface area contributed by atoms with Gasteiger partial charge in [0.1, 0.15) is 12.4 Å². The number of nitrogens with zero attached hydrogens (tertiary/aromatic N) is 1. The van der Waals surface area contributed by atoms with Crippen molar-refractivity contribution in [3.05, 3.63) is 64.5 Å². The molecule has 1 N–H and O–H groups in total. The molecule has 1 unspecified atom stereocenters. The average Bonchev–Trinajstić information content (AvgIpc) is 2.81. The molecule has 1 fully saturated rings. The summed E-state index contributed by atoms with van der Waals surface area (Å²) in [6, 6.07) is 9.19. The first-order valence-corrected chi connectivity index (χ1v) is 12.5. The second-order valence-corrected chi connectivity index (χ2v) is 9.99. The van der Waals surface area contributed by atoms with Gasteiger partial charge in [-0.2, -0.15) is 0 Å². The van der Waals surface area contributed by atoms with E-state index in [1.54, 1.807) is 0 Å². The average molecular weight is 511 g/mol. The molecular weight excluding hydrogens is 482 g/mol. The van der Waals surface area contributed by atoms with E-state index in [0.29, 0.717) is 0 Å². The number of nitrogens with one attached hydrogen (secondary N) is 1. The van der Waals surface area contributed by atoms with Gasteiger partial charge in [-0.1, -0.05) is 29.8 Å². The summed E-state index contributed by atoms with van der Waals surface area (Å²) in [5, 5.41) is 0. The molecule has 1 heterocycles. The van der Waals surface area contributed by atoms with Crippen LogP contribution in [0.2, 0.25) is 0 Å². The van der Waals surface area contributed by atoms with Gasteiger partial charge in [0.15, 0.2) is 0 Å². The Labute approximate surface area is 203 Å². The lowest BCUT2D eigenvalue weighted by Gasteiger charge is -2.33. The number of aryl methyl sites for hydroxylation is 1. The Bertz CT molecular complexity index is 1170. The van der Waals surface area contributed by atoms with Crippen molar-refractivity contribution in [2.45, 2.75) is 37.9 Å². The fraction of sp³-hybridized carbons (Fsp3) is 0.417. The van der Waals surface area contributed by atoms with Crippen LogP contribution in [0.15, 0.2) is 41.3 Å². The van der Waals surface area contributed by atoms with E-state index in [9.17, 15) is 26.8 Å². The number of hydrogen-bond donors (Lipinski definition) is 1. The second-order valence-electron chi connectivity index (χ2n) is 8.31. The summed E-state index contributed by atoms with van der Waals surface area (Å²) in [7, 11) is -4.47. The number of sulfonamides is 1. The normalized spacial score (nSPS) is 16.2. The van der Waals surface area contributed by atoms with Crippen LogP contribution in [0.3, 0.4) is 0 Å². The van der Waals surface area contributed by atoms with Crippen LogP contribution < -0.4 is 4.72 Å². The number of carbonyl (C=O) groups excluding carboxylic acids is 2. The van der Waals surface area contributed by atoms with Gasteiger partial charge in [-0.05, 0) is 37.1 Å². The molecule has 0 saturated carbocycles. The van der Waals surface area contributed by atoms with Gasteiger partial charge in [0, 0.05) is 25.1 Å². The molecule has 8 nitrogen and oxygen atoms in total. The van der Waals surface area contributed by atoms with Crippen molar-refractivity contribution in [2.24, 2.45) is 0 Å². The molecule has 11 heteroatoms. The van der Waals surface area contributed by atoms with Crippen molar-refractivity contribution in [1.29, 1.82) is 0 Å². The highest BCUT2D eigenvalue weighted by atomic mass is 32.2. The van der Waals surface area contributed by atoms with Crippen molar-refractivity contribution in [1.82, 2.24) is 9.62 Å². The van der Waals surface area contributed by atoms with Crippen LogP contribution in [0.5, 0.6) is 0 Å². The lowest BCUT2D eigenvalue weighted by molar-refractivity contribution is -0.124. The molecule has 2 aromatic rings. The maximum atomic E-state index is 14.6. The molecule has 2 amide bonds. The van der Waals surface area contributed by atoms with E-state index in [-0.39, 0.29) is 43.9 Å². The first-order valence-electron chi connectivity index (χ1n) is 11.1. The van der Waals surface area contributed by atoms with Gasteiger partial charge in [0.05, 0.1) is 30.9 Å². The third-order valence-electron chi connectivity index (χ3n) is 5.59. The van der Waals surface area contributed by atoms with E-state index in [1.165, 1.54) is 11.8 Å². The molecule has 1 saturated heterocycles. The largest absolute Gasteiger partial charge is 0.374 e. The lowest BCUT2D eigenvalue weighted by atomic mass is 10.1. The number of morpholine rings is 1. The number of alkyl halides is 1. The molecule has 35 heavy (non-hydrogen) atoms. The third kappa shape index (κ3) is 7.06. The maximum Gasteiger partial charge on any atom is 0.264 e. The summed E-state index contributed by atoms with van der Waals surface area (Å²) in [6.45, 7) is 2.75. The number of amides is 2. The number of carbonyl (C=O) groups is 2. The van der Waals surface area contributed by atoms with Crippen molar-refractivity contribution < 1.29 is 36.3 Å². The maximum absolute atomic E-state index is 14.6. The molecule has 190 valence electrons. The fourth-order valence-corrected chi connectivity index (χ4v) is 4.59. The zero-order chi connectivity index (χ0) is 25.6. The zero-order valence-corrected chi connectivity index (χ0v) is 20.4. The summed E-state index contributed by atoms with van der Waals surface area (Å²) in [5.74, 6) is -2.44. The number of rotatable bonds is 9. The molecule has 3 rings (SSSR count). The first kappa shape index (κ1) is 26.7. The summed E-state index contributed by atoms with van der Waals surface area (Å²) in [5.41, 5.74) is 1.69. The minimum Gasteiger partial charge on any atom is -0.374 e. The van der Waals surface area contributed by atoms with E-state index in [4.69, 9.17) is 9.47 Å². The Hall–Kier alpha value is -2.89. The van der Waals surface area contributed by atoms with Crippen molar-refractivity contribution in [3.8, 4) is 0 Å². The lowest BCUT2D eigenvalue weighted by Crippen LogP contribution is -2.46. The van der Waals surface area contributed by atoms with Gasteiger partial charge < -0.3 is 14.4 Å². The summed E-state index contributed by atoms with van der Waals surface area (Å²) >= 11 is 0. The highest BCUT2D eigenvalue weighted by molar-refractivity contribution is 7.90. The molecule has 0 bridgehead atoms. The molecule has 1 aliphatic heterocycles. The monoisotopic (exact) mass is 510 g/mol. The van der Waals surface area contributed by atoms with Gasteiger partial charge >= 0.3 is 0 Å². The highest BCUT2D eigenvalue weighted by Crippen LogP contribution is 2.22. The smallest absolute Gasteiger partial charge is 0.264 e. The molecule has 0 radical (unpaired) electrons. The molecule has 0 aliphatic carbocycles. The predicted octanol–water partition coefficient (Wildman–Crippen LogP) is 2.66.